The number of carbonyl (C=O) groups is 1. The van der Waals surface area contributed by atoms with E-state index in [4.69, 9.17) is 9.47 Å². The summed E-state index contributed by atoms with van der Waals surface area (Å²) < 4.78 is 34.4. The second-order valence-electron chi connectivity index (χ2n) is 8.10. The predicted molar refractivity (Wildman–Crippen MR) is 98.8 cm³/mol. The van der Waals surface area contributed by atoms with Crippen LogP contribution in [0.15, 0.2) is 0 Å². The molecule has 3 fully saturated rings. The molecule has 0 aromatic heterocycles. The first-order valence-electron chi connectivity index (χ1n) is 9.75. The fourth-order valence-electron chi connectivity index (χ4n) is 4.19. The normalized spacial score (nSPS) is 28.3. The molecule has 3 saturated heterocycles. The summed E-state index contributed by atoms with van der Waals surface area (Å²) in [4.78, 5) is 16.9. The van der Waals surface area contributed by atoms with Crippen LogP contribution in [-0.4, -0.2) is 94.3 Å². The number of hydrogen-bond donors (Lipinski definition) is 0. The minimum Gasteiger partial charge on any atom is -0.381 e. The summed E-state index contributed by atoms with van der Waals surface area (Å²) in [6, 6.07) is 0. The number of hydrogen-bond acceptors (Lipinski definition) is 6. The monoisotopic (exact) mass is 388 g/mol. The number of rotatable bonds is 5. The lowest BCUT2D eigenvalue weighted by molar-refractivity contribution is -0.136. The molecule has 0 N–H and O–H groups in total. The van der Waals surface area contributed by atoms with Crippen LogP contribution in [0.5, 0.6) is 0 Å². The van der Waals surface area contributed by atoms with Crippen LogP contribution < -0.4 is 0 Å². The zero-order chi connectivity index (χ0) is 18.6. The molecule has 0 bridgehead atoms. The molecule has 3 rings (SSSR count). The van der Waals surface area contributed by atoms with Crippen molar-refractivity contribution in [2.45, 2.75) is 37.7 Å². The van der Waals surface area contributed by atoms with Gasteiger partial charge in [-0.1, -0.05) is 0 Å². The maximum atomic E-state index is 12.8. The zero-order valence-corrected chi connectivity index (χ0v) is 16.6. The van der Waals surface area contributed by atoms with E-state index in [-0.39, 0.29) is 17.3 Å². The fraction of sp³-hybridized carbons (Fsp3) is 0.944. The highest BCUT2D eigenvalue weighted by Crippen LogP contribution is 2.32. The minimum absolute atomic E-state index is 0.191. The second-order valence-corrected chi connectivity index (χ2v) is 10.4. The number of sulfone groups is 1. The minimum atomic E-state index is -2.94. The van der Waals surface area contributed by atoms with Crippen molar-refractivity contribution < 1.29 is 22.7 Å². The summed E-state index contributed by atoms with van der Waals surface area (Å²) in [6.07, 6.45) is 5.52. The summed E-state index contributed by atoms with van der Waals surface area (Å²) >= 11 is 0. The molecule has 0 radical (unpaired) electrons. The van der Waals surface area contributed by atoms with Gasteiger partial charge >= 0.3 is 0 Å². The molecule has 0 aliphatic carbocycles. The molecule has 1 atom stereocenters. The largest absolute Gasteiger partial charge is 0.381 e. The van der Waals surface area contributed by atoms with Gasteiger partial charge in [0.25, 0.3) is 0 Å². The van der Waals surface area contributed by atoms with Gasteiger partial charge in [0.15, 0.2) is 0 Å². The molecular formula is C18H32N2O5S. The Balaban J connectivity index is 1.50. The Morgan fingerprint density at radius 1 is 1.19 bits per heavy atom. The van der Waals surface area contributed by atoms with Crippen LogP contribution in [0.25, 0.3) is 0 Å². The standard InChI is InChI=1S/C18H32N2O5S/c1-26(22,23)12-9-19-6-4-18(5-7-19)13-17(21)20(8-11-25-18)14-16-3-2-10-24-15-16/h16H,2-15H2,1H3. The van der Waals surface area contributed by atoms with Crippen molar-refractivity contribution in [1.29, 1.82) is 0 Å². The summed E-state index contributed by atoms with van der Waals surface area (Å²) in [6.45, 7) is 5.77. The van der Waals surface area contributed by atoms with Gasteiger partial charge in [-0.3, -0.25) is 4.79 Å². The molecule has 3 heterocycles. The predicted octanol–water partition coefficient (Wildman–Crippen LogP) is 0.541. The highest BCUT2D eigenvalue weighted by Gasteiger charge is 2.41. The first-order chi connectivity index (χ1) is 12.4. The molecule has 0 saturated carbocycles. The van der Waals surface area contributed by atoms with Gasteiger partial charge in [-0.2, -0.15) is 0 Å². The molecule has 150 valence electrons. The lowest BCUT2D eigenvalue weighted by Crippen LogP contribution is -2.48. The molecule has 8 heteroatoms. The summed E-state index contributed by atoms with van der Waals surface area (Å²) in [5.74, 6) is 0.828. The van der Waals surface area contributed by atoms with Gasteiger partial charge in [0.1, 0.15) is 9.84 Å². The SMILES string of the molecule is CS(=O)(=O)CCN1CCC2(CC1)CC(=O)N(CC1CCCOC1)CCO2. The Hall–Kier alpha value is -0.700. The molecular weight excluding hydrogens is 356 g/mol. The lowest BCUT2D eigenvalue weighted by Gasteiger charge is -2.40. The third-order valence-corrected chi connectivity index (χ3v) is 6.80. The van der Waals surface area contributed by atoms with Crippen LogP contribution >= 0.6 is 0 Å². The topological polar surface area (TPSA) is 76.2 Å². The van der Waals surface area contributed by atoms with Crippen LogP contribution in [0.4, 0.5) is 0 Å². The van der Waals surface area contributed by atoms with Crippen LogP contribution in [0.1, 0.15) is 32.1 Å². The van der Waals surface area contributed by atoms with E-state index < -0.39 is 9.84 Å². The van der Waals surface area contributed by atoms with E-state index in [1.54, 1.807) is 0 Å². The summed E-state index contributed by atoms with van der Waals surface area (Å²) in [5, 5.41) is 0. The smallest absolute Gasteiger partial charge is 0.225 e. The quantitative estimate of drug-likeness (QED) is 0.684. The van der Waals surface area contributed by atoms with Gasteiger partial charge in [0.2, 0.25) is 5.91 Å². The third-order valence-electron chi connectivity index (χ3n) is 5.87. The summed E-state index contributed by atoms with van der Waals surface area (Å²) in [7, 11) is -2.94. The van der Waals surface area contributed by atoms with E-state index in [1.165, 1.54) is 6.26 Å². The van der Waals surface area contributed by atoms with E-state index in [0.717, 1.165) is 58.5 Å². The molecule has 26 heavy (non-hydrogen) atoms. The Labute approximate surface area is 156 Å². The molecule has 7 nitrogen and oxygen atoms in total. The van der Waals surface area contributed by atoms with E-state index in [9.17, 15) is 13.2 Å². The van der Waals surface area contributed by atoms with Crippen LogP contribution in [-0.2, 0) is 24.1 Å². The van der Waals surface area contributed by atoms with Gasteiger partial charge in [0.05, 0.1) is 31.0 Å². The Bertz CT molecular complexity index is 580. The van der Waals surface area contributed by atoms with Gasteiger partial charge in [-0.25, -0.2) is 8.42 Å². The maximum absolute atomic E-state index is 12.8. The second kappa shape index (κ2) is 8.54. The molecule has 1 amide bonds. The fourth-order valence-corrected chi connectivity index (χ4v) is 4.78. The van der Waals surface area contributed by atoms with E-state index in [0.29, 0.717) is 32.0 Å². The number of carbonyl (C=O) groups excluding carboxylic acids is 1. The number of ether oxygens (including phenoxy) is 2. The molecule has 3 aliphatic heterocycles. The molecule has 1 spiro atoms. The molecule has 0 aromatic carbocycles. The van der Waals surface area contributed by atoms with Gasteiger partial charge in [0, 0.05) is 45.6 Å². The van der Waals surface area contributed by atoms with Crippen molar-refractivity contribution >= 4 is 15.7 Å². The first-order valence-corrected chi connectivity index (χ1v) is 11.8. The van der Waals surface area contributed by atoms with Crippen molar-refractivity contribution in [3.63, 3.8) is 0 Å². The molecule has 1 unspecified atom stereocenters. The van der Waals surface area contributed by atoms with Crippen molar-refractivity contribution in [1.82, 2.24) is 9.80 Å². The first kappa shape index (κ1) is 20.0. The van der Waals surface area contributed by atoms with Crippen molar-refractivity contribution in [2.24, 2.45) is 5.92 Å². The third kappa shape index (κ3) is 5.65. The van der Waals surface area contributed by atoms with Crippen LogP contribution in [0.2, 0.25) is 0 Å². The lowest BCUT2D eigenvalue weighted by atomic mass is 9.87. The number of nitrogens with zero attached hydrogens (tertiary/aromatic N) is 2. The van der Waals surface area contributed by atoms with Crippen LogP contribution in [0.3, 0.4) is 0 Å². The maximum Gasteiger partial charge on any atom is 0.225 e. The van der Waals surface area contributed by atoms with E-state index in [2.05, 4.69) is 4.90 Å². The molecule has 0 aromatic rings. The van der Waals surface area contributed by atoms with E-state index in [1.807, 2.05) is 4.90 Å². The van der Waals surface area contributed by atoms with Crippen molar-refractivity contribution in [3.8, 4) is 0 Å². The van der Waals surface area contributed by atoms with Gasteiger partial charge < -0.3 is 19.3 Å². The number of amides is 1. The zero-order valence-electron chi connectivity index (χ0n) is 15.8. The summed E-state index contributed by atoms with van der Waals surface area (Å²) in [5.41, 5.74) is -0.365. The average Bonchev–Trinajstić information content (AvgIpc) is 2.74. The Morgan fingerprint density at radius 2 is 1.96 bits per heavy atom. The van der Waals surface area contributed by atoms with Crippen LogP contribution in [0, 0.1) is 5.92 Å². The highest BCUT2D eigenvalue weighted by atomic mass is 32.2. The van der Waals surface area contributed by atoms with E-state index >= 15 is 0 Å². The molecule has 3 aliphatic rings. The van der Waals surface area contributed by atoms with Gasteiger partial charge in [-0.05, 0) is 31.6 Å². The number of likely N-dealkylation sites (tertiary alicyclic amines) is 1. The highest BCUT2D eigenvalue weighted by molar-refractivity contribution is 7.90. The average molecular weight is 389 g/mol. The Morgan fingerprint density at radius 3 is 2.62 bits per heavy atom. The van der Waals surface area contributed by atoms with Crippen molar-refractivity contribution in [3.05, 3.63) is 0 Å². The van der Waals surface area contributed by atoms with Gasteiger partial charge in [-0.15, -0.1) is 0 Å². The number of piperidine rings is 1. The van der Waals surface area contributed by atoms with Crippen molar-refractivity contribution in [2.75, 3.05) is 64.6 Å². The Kier molecular flexibility index (Phi) is 6.59.